The van der Waals surface area contributed by atoms with Gasteiger partial charge in [-0.3, -0.25) is 10.2 Å². The molecule has 0 bridgehead atoms. The van der Waals surface area contributed by atoms with E-state index >= 15 is 0 Å². The lowest BCUT2D eigenvalue weighted by molar-refractivity contribution is 0.0938. The van der Waals surface area contributed by atoms with E-state index in [0.29, 0.717) is 5.56 Å². The molecule has 3 nitrogen and oxygen atoms in total. The van der Waals surface area contributed by atoms with Crippen LogP contribution in [0.1, 0.15) is 48.9 Å². The maximum atomic E-state index is 12.8. The lowest BCUT2D eigenvalue weighted by Crippen LogP contribution is -2.36. The second-order valence-corrected chi connectivity index (χ2v) is 4.77. The van der Waals surface area contributed by atoms with Crippen LogP contribution in [0, 0.1) is 5.82 Å². The highest BCUT2D eigenvalue weighted by molar-refractivity contribution is 5.93. The average molecular weight is 262 g/mol. The summed E-state index contributed by atoms with van der Waals surface area (Å²) in [5.41, 5.74) is 7.14. The van der Waals surface area contributed by atoms with E-state index in [1.807, 2.05) is 0 Å². The molecule has 0 fully saturated rings. The summed E-state index contributed by atoms with van der Waals surface area (Å²) < 4.78 is 12.8. The molecule has 0 aromatic heterocycles. The quantitative estimate of drug-likeness (QED) is 0.821. The van der Waals surface area contributed by atoms with Gasteiger partial charge in [0, 0.05) is 11.3 Å². The van der Waals surface area contributed by atoms with Crippen LogP contribution in [0.4, 0.5) is 4.39 Å². The average Bonchev–Trinajstić information content (AvgIpc) is 2.38. The molecule has 19 heavy (non-hydrogen) atoms. The number of rotatable bonds is 3. The monoisotopic (exact) mass is 262 g/mol. The van der Waals surface area contributed by atoms with Gasteiger partial charge in [0.2, 0.25) is 0 Å². The number of hydrogen-bond acceptors (Lipinski definition) is 2. The van der Waals surface area contributed by atoms with Crippen molar-refractivity contribution in [2.45, 2.75) is 38.5 Å². The van der Waals surface area contributed by atoms with Crippen molar-refractivity contribution in [2.24, 2.45) is 0 Å². The van der Waals surface area contributed by atoms with Gasteiger partial charge in [-0.2, -0.15) is 0 Å². The van der Waals surface area contributed by atoms with Crippen LogP contribution in [0.3, 0.4) is 0 Å². The van der Waals surface area contributed by atoms with Crippen LogP contribution in [-0.4, -0.2) is 5.91 Å². The van der Waals surface area contributed by atoms with Gasteiger partial charge in [-0.25, -0.2) is 4.39 Å². The van der Waals surface area contributed by atoms with Crippen LogP contribution in [0.5, 0.6) is 0 Å². The molecule has 1 aliphatic rings. The number of amides is 1. The van der Waals surface area contributed by atoms with Gasteiger partial charge < -0.3 is 5.43 Å². The smallest absolute Gasteiger partial charge is 0.269 e. The summed E-state index contributed by atoms with van der Waals surface area (Å²) in [4.78, 5) is 11.8. The minimum absolute atomic E-state index is 0.247. The minimum Gasteiger partial charge on any atom is -0.303 e. The zero-order valence-electron chi connectivity index (χ0n) is 10.9. The van der Waals surface area contributed by atoms with Crippen molar-refractivity contribution in [3.05, 3.63) is 47.4 Å². The molecule has 0 radical (unpaired) electrons. The first-order valence-electron chi connectivity index (χ1n) is 6.76. The molecule has 0 spiro atoms. The Labute approximate surface area is 112 Å². The normalized spacial score (nSPS) is 18.7. The number of allylic oxidation sites excluding steroid dienone is 2. The Morgan fingerprint density at radius 1 is 1.05 bits per heavy atom. The third-order valence-corrected chi connectivity index (χ3v) is 3.23. The van der Waals surface area contributed by atoms with Gasteiger partial charge in [-0.1, -0.05) is 18.9 Å². The van der Waals surface area contributed by atoms with Crippen LogP contribution in [0.15, 0.2) is 36.0 Å². The Hall–Kier alpha value is -1.84. The predicted octanol–water partition coefficient (Wildman–Crippen LogP) is 3.30. The third-order valence-electron chi connectivity index (χ3n) is 3.23. The van der Waals surface area contributed by atoms with Crippen LogP contribution >= 0.6 is 0 Å². The highest BCUT2D eigenvalue weighted by Gasteiger charge is 2.06. The lowest BCUT2D eigenvalue weighted by Gasteiger charge is -2.14. The molecule has 0 heterocycles. The standard InChI is InChI=1S/C15H19FN2O/c16-13-10-8-12(9-11-13)15(19)18-17-14-6-4-2-1-3-5-7-14/h6,8-11,17H,1-5,7H2,(H,18,19)/b14-6+. The lowest BCUT2D eigenvalue weighted by atomic mass is 10.0. The van der Waals surface area contributed by atoms with Crippen LogP contribution in [-0.2, 0) is 0 Å². The van der Waals surface area contributed by atoms with E-state index in [2.05, 4.69) is 16.9 Å². The number of hydrazine groups is 1. The molecule has 0 unspecified atom stereocenters. The summed E-state index contributed by atoms with van der Waals surface area (Å²) in [6.45, 7) is 0. The molecular weight excluding hydrogens is 243 g/mol. The van der Waals surface area contributed by atoms with Crippen molar-refractivity contribution < 1.29 is 9.18 Å². The summed E-state index contributed by atoms with van der Waals surface area (Å²) in [6, 6.07) is 5.51. The third kappa shape index (κ3) is 4.39. The van der Waals surface area contributed by atoms with E-state index in [1.54, 1.807) is 0 Å². The molecule has 0 saturated carbocycles. The Morgan fingerprint density at radius 3 is 2.58 bits per heavy atom. The zero-order chi connectivity index (χ0) is 13.5. The van der Waals surface area contributed by atoms with Gasteiger partial charge in [-0.05, 0) is 49.9 Å². The topological polar surface area (TPSA) is 41.1 Å². The first kappa shape index (κ1) is 13.6. The second kappa shape index (κ2) is 6.92. The van der Waals surface area contributed by atoms with Crippen LogP contribution in [0.25, 0.3) is 0 Å². The van der Waals surface area contributed by atoms with Gasteiger partial charge in [0.1, 0.15) is 5.82 Å². The minimum atomic E-state index is -0.341. The molecular formula is C15H19FN2O. The molecule has 1 aliphatic carbocycles. The van der Waals surface area contributed by atoms with Gasteiger partial charge in [0.15, 0.2) is 0 Å². The number of carbonyl (C=O) groups is 1. The van der Waals surface area contributed by atoms with Crippen molar-refractivity contribution in [3.8, 4) is 0 Å². The molecule has 1 aromatic carbocycles. The van der Waals surface area contributed by atoms with Crippen molar-refractivity contribution in [3.63, 3.8) is 0 Å². The largest absolute Gasteiger partial charge is 0.303 e. The summed E-state index contributed by atoms with van der Waals surface area (Å²) in [5.74, 6) is -0.588. The Kier molecular flexibility index (Phi) is 4.95. The summed E-state index contributed by atoms with van der Waals surface area (Å²) in [7, 11) is 0. The van der Waals surface area contributed by atoms with Crippen LogP contribution < -0.4 is 10.9 Å². The fourth-order valence-corrected chi connectivity index (χ4v) is 2.12. The Balaban J connectivity index is 1.87. The predicted molar refractivity (Wildman–Crippen MR) is 72.8 cm³/mol. The van der Waals surface area contributed by atoms with Crippen molar-refractivity contribution in [1.82, 2.24) is 10.9 Å². The van der Waals surface area contributed by atoms with Gasteiger partial charge >= 0.3 is 0 Å². The highest BCUT2D eigenvalue weighted by atomic mass is 19.1. The molecule has 1 amide bonds. The fraction of sp³-hybridized carbons (Fsp3) is 0.400. The number of benzene rings is 1. The number of hydrogen-bond donors (Lipinski definition) is 2. The van der Waals surface area contributed by atoms with Crippen molar-refractivity contribution >= 4 is 5.91 Å². The SMILES string of the molecule is O=C(NN/C1=C/CCCCCC1)c1ccc(F)cc1. The first-order chi connectivity index (χ1) is 9.25. The van der Waals surface area contributed by atoms with Crippen molar-refractivity contribution in [2.75, 3.05) is 0 Å². The van der Waals surface area contributed by atoms with Gasteiger partial charge in [0.05, 0.1) is 0 Å². The first-order valence-corrected chi connectivity index (χ1v) is 6.76. The van der Waals surface area contributed by atoms with E-state index < -0.39 is 0 Å². The zero-order valence-corrected chi connectivity index (χ0v) is 10.9. The molecule has 4 heteroatoms. The van der Waals surface area contributed by atoms with E-state index in [1.165, 1.54) is 43.5 Å². The molecule has 1 aromatic rings. The summed E-state index contributed by atoms with van der Waals surface area (Å²) in [5, 5.41) is 0. The molecule has 0 atom stereocenters. The maximum Gasteiger partial charge on any atom is 0.269 e. The van der Waals surface area contributed by atoms with Crippen LogP contribution in [0.2, 0.25) is 0 Å². The van der Waals surface area contributed by atoms with E-state index in [0.717, 1.165) is 25.0 Å². The number of halogens is 1. The number of carbonyl (C=O) groups excluding carboxylic acids is 1. The van der Waals surface area contributed by atoms with Crippen molar-refractivity contribution in [1.29, 1.82) is 0 Å². The molecule has 0 aliphatic heterocycles. The van der Waals surface area contributed by atoms with E-state index in [-0.39, 0.29) is 11.7 Å². The van der Waals surface area contributed by atoms with E-state index in [4.69, 9.17) is 0 Å². The molecule has 2 N–H and O–H groups in total. The maximum absolute atomic E-state index is 12.8. The second-order valence-electron chi connectivity index (χ2n) is 4.77. The number of nitrogens with one attached hydrogen (secondary N) is 2. The molecule has 2 rings (SSSR count). The molecule has 0 saturated heterocycles. The summed E-state index contributed by atoms with van der Waals surface area (Å²) in [6.07, 6.45) is 9.03. The molecule has 102 valence electrons. The highest BCUT2D eigenvalue weighted by Crippen LogP contribution is 2.14. The fourth-order valence-electron chi connectivity index (χ4n) is 2.12. The summed E-state index contributed by atoms with van der Waals surface area (Å²) >= 11 is 0. The van der Waals surface area contributed by atoms with E-state index in [9.17, 15) is 9.18 Å². The van der Waals surface area contributed by atoms with Gasteiger partial charge in [-0.15, -0.1) is 0 Å². The Bertz CT molecular complexity index is 454. The Morgan fingerprint density at radius 2 is 1.79 bits per heavy atom. The van der Waals surface area contributed by atoms with Gasteiger partial charge in [0.25, 0.3) is 5.91 Å².